The summed E-state index contributed by atoms with van der Waals surface area (Å²) in [5.74, 6) is 0.320. The Bertz CT molecular complexity index is 844. The van der Waals surface area contributed by atoms with E-state index in [0.29, 0.717) is 16.7 Å². The molecule has 22 heavy (non-hydrogen) atoms. The summed E-state index contributed by atoms with van der Waals surface area (Å²) in [6, 6.07) is 16.4. The van der Waals surface area contributed by atoms with E-state index >= 15 is 0 Å². The van der Waals surface area contributed by atoms with E-state index in [9.17, 15) is 4.79 Å². The summed E-state index contributed by atoms with van der Waals surface area (Å²) in [5, 5.41) is 3.66. The second-order valence-electron chi connectivity index (χ2n) is 4.67. The zero-order valence-corrected chi connectivity index (χ0v) is 12.3. The molecule has 2 aromatic carbocycles. The molecule has 0 aliphatic rings. The Morgan fingerprint density at radius 1 is 1.05 bits per heavy atom. The number of nitrogens with one attached hydrogen (secondary N) is 2. The Labute approximate surface area is 131 Å². The molecule has 0 bridgehead atoms. The van der Waals surface area contributed by atoms with Crippen LogP contribution in [0.4, 0.5) is 17.3 Å². The van der Waals surface area contributed by atoms with Crippen molar-refractivity contribution in [3.8, 4) is 11.3 Å². The number of nitrogens with two attached hydrogens (primary N) is 1. The molecule has 4 N–H and O–H groups in total. The fourth-order valence-corrected chi connectivity index (χ4v) is 2.15. The number of aromatic nitrogens is 2. The normalized spacial score (nSPS) is 10.4. The van der Waals surface area contributed by atoms with Crippen molar-refractivity contribution >= 4 is 28.9 Å². The molecule has 0 aliphatic carbocycles. The lowest BCUT2D eigenvalue weighted by atomic mass is 10.1. The Hall–Kier alpha value is -2.79. The predicted molar refractivity (Wildman–Crippen MR) is 89.4 cm³/mol. The summed E-state index contributed by atoms with van der Waals surface area (Å²) in [6.45, 7) is 0. The van der Waals surface area contributed by atoms with Gasteiger partial charge in [-0.3, -0.25) is 9.78 Å². The van der Waals surface area contributed by atoms with E-state index in [1.165, 1.54) is 0 Å². The van der Waals surface area contributed by atoms with E-state index in [2.05, 4.69) is 15.3 Å². The van der Waals surface area contributed by atoms with E-state index in [1.807, 2.05) is 30.3 Å². The van der Waals surface area contributed by atoms with Gasteiger partial charge in [0.05, 0.1) is 0 Å². The molecule has 0 spiro atoms. The third kappa shape index (κ3) is 2.94. The molecule has 1 heterocycles. The third-order valence-corrected chi connectivity index (χ3v) is 3.36. The van der Waals surface area contributed by atoms with Crippen LogP contribution in [0.1, 0.15) is 0 Å². The molecule has 0 amide bonds. The van der Waals surface area contributed by atoms with Gasteiger partial charge in [0.1, 0.15) is 11.4 Å². The Balaban J connectivity index is 2.01. The van der Waals surface area contributed by atoms with Crippen molar-refractivity contribution in [3.63, 3.8) is 0 Å². The van der Waals surface area contributed by atoms with Gasteiger partial charge in [0, 0.05) is 16.3 Å². The minimum Gasteiger partial charge on any atom is -0.392 e. The maximum absolute atomic E-state index is 12.0. The third-order valence-electron chi connectivity index (χ3n) is 3.11. The van der Waals surface area contributed by atoms with E-state index in [0.717, 1.165) is 11.3 Å². The lowest BCUT2D eigenvalue weighted by Gasteiger charge is -2.09. The molecule has 0 atom stereocenters. The maximum atomic E-state index is 12.0. The summed E-state index contributed by atoms with van der Waals surface area (Å²) in [7, 11) is 0. The fourth-order valence-electron chi connectivity index (χ4n) is 2.03. The van der Waals surface area contributed by atoms with Gasteiger partial charge in [-0.1, -0.05) is 41.9 Å². The van der Waals surface area contributed by atoms with Gasteiger partial charge in [0.15, 0.2) is 0 Å². The first-order valence-electron chi connectivity index (χ1n) is 6.61. The summed E-state index contributed by atoms with van der Waals surface area (Å²) in [5.41, 5.74) is 7.54. The van der Waals surface area contributed by atoms with Crippen LogP contribution in [-0.2, 0) is 0 Å². The Morgan fingerprint density at radius 2 is 1.73 bits per heavy atom. The highest BCUT2D eigenvalue weighted by Crippen LogP contribution is 2.23. The van der Waals surface area contributed by atoms with E-state index < -0.39 is 0 Å². The van der Waals surface area contributed by atoms with Gasteiger partial charge in [-0.25, -0.2) is 4.98 Å². The molecule has 5 nitrogen and oxygen atoms in total. The van der Waals surface area contributed by atoms with Crippen molar-refractivity contribution < 1.29 is 0 Å². The van der Waals surface area contributed by atoms with Gasteiger partial charge in [0.2, 0.25) is 5.95 Å². The van der Waals surface area contributed by atoms with Crippen molar-refractivity contribution in [3.05, 3.63) is 70.0 Å². The molecule has 3 aromatic rings. The number of aromatic amines is 1. The molecular formula is C16H13ClN4O. The predicted octanol–water partition coefficient (Wildman–Crippen LogP) is 3.42. The molecule has 3 rings (SSSR count). The first-order valence-corrected chi connectivity index (χ1v) is 6.99. The van der Waals surface area contributed by atoms with Crippen molar-refractivity contribution in [1.82, 2.24) is 9.97 Å². The fraction of sp³-hybridized carbons (Fsp3) is 0. The van der Waals surface area contributed by atoms with E-state index in [1.54, 1.807) is 24.3 Å². The quantitative estimate of drug-likeness (QED) is 0.692. The summed E-state index contributed by atoms with van der Waals surface area (Å²) in [6.07, 6.45) is 0. The molecular weight excluding hydrogens is 300 g/mol. The van der Waals surface area contributed by atoms with Gasteiger partial charge in [-0.15, -0.1) is 0 Å². The average molecular weight is 313 g/mol. The zero-order chi connectivity index (χ0) is 15.5. The van der Waals surface area contributed by atoms with Crippen LogP contribution in [0.15, 0.2) is 59.4 Å². The number of H-pyrrole nitrogens is 1. The SMILES string of the molecule is Nc1c(-c2ccccc2)nc(Nc2ccc(Cl)cc2)[nH]c1=O. The lowest BCUT2D eigenvalue weighted by molar-refractivity contribution is 1.13. The molecule has 0 aliphatic heterocycles. The van der Waals surface area contributed by atoms with Crippen LogP contribution < -0.4 is 16.6 Å². The van der Waals surface area contributed by atoms with Crippen LogP contribution in [-0.4, -0.2) is 9.97 Å². The number of anilines is 3. The molecule has 0 unspecified atom stereocenters. The second-order valence-corrected chi connectivity index (χ2v) is 5.11. The van der Waals surface area contributed by atoms with Crippen LogP contribution in [0.3, 0.4) is 0 Å². The molecule has 0 saturated heterocycles. The number of benzene rings is 2. The van der Waals surface area contributed by atoms with Crippen LogP contribution in [0, 0.1) is 0 Å². The molecule has 0 radical (unpaired) electrons. The standard InChI is InChI=1S/C16H13ClN4O/c17-11-6-8-12(9-7-11)19-16-20-14(13(18)15(22)21-16)10-4-2-1-3-5-10/h1-9H,18H2,(H2,19,20,21,22). The lowest BCUT2D eigenvalue weighted by Crippen LogP contribution is -2.16. The van der Waals surface area contributed by atoms with Crippen molar-refractivity contribution in [2.24, 2.45) is 0 Å². The van der Waals surface area contributed by atoms with Gasteiger partial charge >= 0.3 is 0 Å². The highest BCUT2D eigenvalue weighted by atomic mass is 35.5. The Kier molecular flexibility index (Phi) is 3.80. The smallest absolute Gasteiger partial charge is 0.276 e. The number of halogens is 1. The van der Waals surface area contributed by atoms with E-state index in [-0.39, 0.29) is 11.2 Å². The highest BCUT2D eigenvalue weighted by molar-refractivity contribution is 6.30. The molecule has 110 valence electrons. The van der Waals surface area contributed by atoms with Gasteiger partial charge < -0.3 is 11.1 Å². The second kappa shape index (κ2) is 5.91. The van der Waals surface area contributed by atoms with Crippen LogP contribution in [0.5, 0.6) is 0 Å². The van der Waals surface area contributed by atoms with Crippen molar-refractivity contribution in [1.29, 1.82) is 0 Å². The minimum absolute atomic E-state index is 0.0906. The van der Waals surface area contributed by atoms with Crippen molar-refractivity contribution in [2.75, 3.05) is 11.1 Å². The van der Waals surface area contributed by atoms with E-state index in [4.69, 9.17) is 17.3 Å². The average Bonchev–Trinajstić information content (AvgIpc) is 2.54. The highest BCUT2D eigenvalue weighted by Gasteiger charge is 2.10. The number of nitrogens with zero attached hydrogens (tertiary/aromatic N) is 1. The zero-order valence-electron chi connectivity index (χ0n) is 11.5. The van der Waals surface area contributed by atoms with Crippen LogP contribution >= 0.6 is 11.6 Å². The molecule has 0 fully saturated rings. The summed E-state index contributed by atoms with van der Waals surface area (Å²) >= 11 is 5.85. The molecule has 0 saturated carbocycles. The van der Waals surface area contributed by atoms with Gasteiger partial charge in [-0.05, 0) is 24.3 Å². The number of rotatable bonds is 3. The Morgan fingerprint density at radius 3 is 2.41 bits per heavy atom. The first kappa shape index (κ1) is 14.2. The van der Waals surface area contributed by atoms with Gasteiger partial charge in [-0.2, -0.15) is 0 Å². The number of hydrogen-bond donors (Lipinski definition) is 3. The van der Waals surface area contributed by atoms with Crippen LogP contribution in [0.2, 0.25) is 5.02 Å². The topological polar surface area (TPSA) is 83.8 Å². The first-order chi connectivity index (χ1) is 10.6. The largest absolute Gasteiger partial charge is 0.392 e. The maximum Gasteiger partial charge on any atom is 0.276 e. The van der Waals surface area contributed by atoms with Crippen molar-refractivity contribution in [2.45, 2.75) is 0 Å². The monoisotopic (exact) mass is 312 g/mol. The molecule has 1 aromatic heterocycles. The van der Waals surface area contributed by atoms with Gasteiger partial charge in [0.25, 0.3) is 5.56 Å². The summed E-state index contributed by atoms with van der Waals surface area (Å²) < 4.78 is 0. The van der Waals surface area contributed by atoms with Crippen LogP contribution in [0.25, 0.3) is 11.3 Å². The number of nitrogen functional groups attached to an aromatic ring is 1. The number of hydrogen-bond acceptors (Lipinski definition) is 4. The minimum atomic E-state index is -0.384. The molecule has 6 heteroatoms. The summed E-state index contributed by atoms with van der Waals surface area (Å²) in [4.78, 5) is 19.0.